The van der Waals surface area contributed by atoms with Crippen molar-refractivity contribution in [3.63, 3.8) is 0 Å². The molecular weight excluding hydrogens is 368 g/mol. The Bertz CT molecular complexity index is 786. The van der Waals surface area contributed by atoms with Crippen LogP contribution in [0, 0.1) is 0 Å². The Morgan fingerprint density at radius 2 is 1.62 bits per heavy atom. The van der Waals surface area contributed by atoms with Crippen molar-refractivity contribution in [1.29, 1.82) is 0 Å². The molecular formula is C23H30N2O4. The van der Waals surface area contributed by atoms with Crippen molar-refractivity contribution < 1.29 is 19.0 Å². The molecule has 0 atom stereocenters. The predicted molar refractivity (Wildman–Crippen MR) is 113 cm³/mol. The second-order valence-electron chi connectivity index (χ2n) is 7.22. The van der Waals surface area contributed by atoms with Crippen LogP contribution in [-0.2, 0) is 13.0 Å². The zero-order valence-electron chi connectivity index (χ0n) is 17.2. The Balaban J connectivity index is 1.37. The topological polar surface area (TPSA) is 68.8 Å². The van der Waals surface area contributed by atoms with Gasteiger partial charge in [0.1, 0.15) is 5.75 Å². The second kappa shape index (κ2) is 10.6. The van der Waals surface area contributed by atoms with E-state index in [0.29, 0.717) is 37.1 Å². The Labute approximate surface area is 172 Å². The predicted octanol–water partition coefficient (Wildman–Crippen LogP) is 4.07. The second-order valence-corrected chi connectivity index (χ2v) is 7.22. The Morgan fingerprint density at radius 3 is 2.31 bits per heavy atom. The first-order valence-corrected chi connectivity index (χ1v) is 10.2. The van der Waals surface area contributed by atoms with E-state index in [9.17, 15) is 4.79 Å². The summed E-state index contributed by atoms with van der Waals surface area (Å²) in [5, 5.41) is 5.76. The first kappa shape index (κ1) is 20.8. The number of nitrogens with one attached hydrogen (secondary N) is 2. The van der Waals surface area contributed by atoms with E-state index in [4.69, 9.17) is 14.2 Å². The molecule has 2 amide bonds. The highest BCUT2D eigenvalue weighted by atomic mass is 16.5. The van der Waals surface area contributed by atoms with E-state index in [1.165, 1.54) is 12.8 Å². The molecule has 0 aromatic heterocycles. The molecule has 0 radical (unpaired) electrons. The molecule has 3 rings (SSSR count). The minimum Gasteiger partial charge on any atom is -0.493 e. The lowest BCUT2D eigenvalue weighted by Crippen LogP contribution is -2.36. The van der Waals surface area contributed by atoms with Crippen molar-refractivity contribution >= 4 is 6.03 Å². The van der Waals surface area contributed by atoms with E-state index >= 15 is 0 Å². The highest BCUT2D eigenvalue weighted by Crippen LogP contribution is 2.27. The molecule has 2 aromatic carbocycles. The molecule has 1 aliphatic carbocycles. The largest absolute Gasteiger partial charge is 0.493 e. The fraction of sp³-hybridized carbons (Fsp3) is 0.435. The van der Waals surface area contributed by atoms with Crippen LogP contribution in [-0.4, -0.2) is 32.9 Å². The third-order valence-corrected chi connectivity index (χ3v) is 5.13. The fourth-order valence-electron chi connectivity index (χ4n) is 3.49. The van der Waals surface area contributed by atoms with E-state index in [2.05, 4.69) is 10.6 Å². The molecule has 1 saturated carbocycles. The first-order chi connectivity index (χ1) is 14.2. The van der Waals surface area contributed by atoms with Gasteiger partial charge in [-0.25, -0.2) is 4.79 Å². The minimum atomic E-state index is -0.184. The summed E-state index contributed by atoms with van der Waals surface area (Å²) in [6.07, 6.45) is 5.87. The van der Waals surface area contributed by atoms with Crippen molar-refractivity contribution in [2.24, 2.45) is 0 Å². The van der Waals surface area contributed by atoms with Gasteiger partial charge in [0.2, 0.25) is 0 Å². The Hall–Kier alpha value is -2.89. The quantitative estimate of drug-likeness (QED) is 0.668. The fourth-order valence-corrected chi connectivity index (χ4v) is 3.49. The summed E-state index contributed by atoms with van der Waals surface area (Å²) in [4.78, 5) is 12.0. The van der Waals surface area contributed by atoms with Crippen LogP contribution in [0.3, 0.4) is 0 Å². The average Bonchev–Trinajstić information content (AvgIpc) is 3.26. The van der Waals surface area contributed by atoms with Gasteiger partial charge in [0.25, 0.3) is 0 Å². The number of hydrogen-bond acceptors (Lipinski definition) is 4. The highest BCUT2D eigenvalue weighted by Gasteiger charge is 2.16. The Kier molecular flexibility index (Phi) is 7.61. The number of hydrogen-bond donors (Lipinski definition) is 2. The van der Waals surface area contributed by atoms with Gasteiger partial charge in [-0.15, -0.1) is 0 Å². The molecule has 0 spiro atoms. The lowest BCUT2D eigenvalue weighted by Gasteiger charge is -2.13. The lowest BCUT2D eigenvalue weighted by atomic mass is 10.1. The molecule has 0 saturated heterocycles. The van der Waals surface area contributed by atoms with Crippen LogP contribution in [0.25, 0.3) is 0 Å². The van der Waals surface area contributed by atoms with Crippen molar-refractivity contribution in [2.45, 2.75) is 44.8 Å². The van der Waals surface area contributed by atoms with Crippen LogP contribution in [0.15, 0.2) is 42.5 Å². The van der Waals surface area contributed by atoms with Crippen LogP contribution in [0.5, 0.6) is 17.2 Å². The summed E-state index contributed by atoms with van der Waals surface area (Å²) in [7, 11) is 3.22. The molecule has 0 aliphatic heterocycles. The van der Waals surface area contributed by atoms with Gasteiger partial charge < -0.3 is 24.8 Å². The molecule has 2 aromatic rings. The van der Waals surface area contributed by atoms with Gasteiger partial charge in [-0.3, -0.25) is 0 Å². The van der Waals surface area contributed by atoms with Gasteiger partial charge in [-0.1, -0.05) is 18.2 Å². The monoisotopic (exact) mass is 398 g/mol. The standard InChI is InChI=1S/C23H30N2O4/c1-27-21-12-9-17(15-22(21)28-2)13-14-24-23(26)25-16-18-7-10-20(11-8-18)29-19-5-3-4-6-19/h7-12,15,19H,3-6,13-14,16H2,1-2H3,(H2,24,25,26). The van der Waals surface area contributed by atoms with Crippen molar-refractivity contribution in [3.8, 4) is 17.2 Å². The molecule has 6 nitrogen and oxygen atoms in total. The number of ether oxygens (including phenoxy) is 3. The van der Waals surface area contributed by atoms with Crippen LogP contribution in [0.2, 0.25) is 0 Å². The maximum absolute atomic E-state index is 12.0. The summed E-state index contributed by atoms with van der Waals surface area (Å²) < 4.78 is 16.5. The summed E-state index contributed by atoms with van der Waals surface area (Å²) in [5.41, 5.74) is 2.11. The highest BCUT2D eigenvalue weighted by molar-refractivity contribution is 5.73. The normalized spacial score (nSPS) is 13.7. The number of benzene rings is 2. The molecule has 29 heavy (non-hydrogen) atoms. The van der Waals surface area contributed by atoms with Gasteiger partial charge >= 0.3 is 6.03 Å². The first-order valence-electron chi connectivity index (χ1n) is 10.2. The number of carbonyl (C=O) groups is 1. The summed E-state index contributed by atoms with van der Waals surface area (Å²) in [6.45, 7) is 1.02. The molecule has 0 heterocycles. The smallest absolute Gasteiger partial charge is 0.315 e. The molecule has 156 valence electrons. The van der Waals surface area contributed by atoms with E-state index < -0.39 is 0 Å². The number of methoxy groups -OCH3 is 2. The van der Waals surface area contributed by atoms with Crippen LogP contribution < -0.4 is 24.8 Å². The minimum absolute atomic E-state index is 0.184. The number of urea groups is 1. The van der Waals surface area contributed by atoms with Crippen LogP contribution in [0.4, 0.5) is 4.79 Å². The van der Waals surface area contributed by atoms with Gasteiger partial charge in [0.15, 0.2) is 11.5 Å². The van der Waals surface area contributed by atoms with Gasteiger partial charge in [0.05, 0.1) is 20.3 Å². The third kappa shape index (κ3) is 6.31. The summed E-state index contributed by atoms with van der Waals surface area (Å²) in [6, 6.07) is 13.5. The van der Waals surface area contributed by atoms with E-state index in [1.54, 1.807) is 14.2 Å². The number of rotatable bonds is 9. The van der Waals surface area contributed by atoms with Crippen molar-refractivity contribution in [1.82, 2.24) is 10.6 Å². The van der Waals surface area contributed by atoms with E-state index in [1.807, 2.05) is 42.5 Å². The zero-order valence-corrected chi connectivity index (χ0v) is 17.2. The number of carbonyl (C=O) groups excluding carboxylic acids is 1. The van der Waals surface area contributed by atoms with Crippen LogP contribution in [0.1, 0.15) is 36.8 Å². The molecule has 2 N–H and O–H groups in total. The van der Waals surface area contributed by atoms with Gasteiger partial charge in [-0.05, 0) is 67.5 Å². The maximum Gasteiger partial charge on any atom is 0.315 e. The van der Waals surface area contributed by atoms with Gasteiger partial charge in [0, 0.05) is 13.1 Å². The van der Waals surface area contributed by atoms with Gasteiger partial charge in [-0.2, -0.15) is 0 Å². The molecule has 6 heteroatoms. The number of amides is 2. The third-order valence-electron chi connectivity index (χ3n) is 5.13. The maximum atomic E-state index is 12.0. The SMILES string of the molecule is COc1ccc(CCNC(=O)NCc2ccc(OC3CCCC3)cc2)cc1OC. The average molecular weight is 399 g/mol. The molecule has 1 fully saturated rings. The van der Waals surface area contributed by atoms with Crippen molar-refractivity contribution in [2.75, 3.05) is 20.8 Å². The zero-order chi connectivity index (χ0) is 20.5. The Morgan fingerprint density at radius 1 is 0.931 bits per heavy atom. The van der Waals surface area contributed by atoms with E-state index in [-0.39, 0.29) is 6.03 Å². The summed E-state index contributed by atoms with van der Waals surface area (Å²) in [5.74, 6) is 2.29. The van der Waals surface area contributed by atoms with Crippen LogP contribution >= 0.6 is 0 Å². The lowest BCUT2D eigenvalue weighted by molar-refractivity contribution is 0.210. The molecule has 0 unspecified atom stereocenters. The molecule has 0 bridgehead atoms. The van der Waals surface area contributed by atoms with Crippen molar-refractivity contribution in [3.05, 3.63) is 53.6 Å². The molecule has 1 aliphatic rings. The van der Waals surface area contributed by atoms with E-state index in [0.717, 1.165) is 29.7 Å². The summed E-state index contributed by atoms with van der Waals surface area (Å²) >= 11 is 0.